The van der Waals surface area contributed by atoms with Gasteiger partial charge in [0, 0.05) is 19.8 Å². The van der Waals surface area contributed by atoms with Gasteiger partial charge in [-0.15, -0.1) is 0 Å². The van der Waals surface area contributed by atoms with Crippen LogP contribution in [0.5, 0.6) is 0 Å². The fourth-order valence-corrected chi connectivity index (χ4v) is 1.88. The third-order valence-electron chi connectivity index (χ3n) is 2.53. The number of hydrogen-bond donors (Lipinski definition) is 0. The van der Waals surface area contributed by atoms with Crippen molar-refractivity contribution in [2.24, 2.45) is 5.92 Å². The summed E-state index contributed by atoms with van der Waals surface area (Å²) >= 11 is 0. The van der Waals surface area contributed by atoms with E-state index >= 15 is 0 Å². The van der Waals surface area contributed by atoms with Gasteiger partial charge in [0.1, 0.15) is 0 Å². The summed E-state index contributed by atoms with van der Waals surface area (Å²) in [6.07, 6.45) is 4.12. The molecule has 0 saturated carbocycles. The molecule has 2 heterocycles. The van der Waals surface area contributed by atoms with Crippen LogP contribution in [0.3, 0.4) is 0 Å². The Morgan fingerprint density at radius 1 is 0.900 bits per heavy atom. The second-order valence-electron chi connectivity index (χ2n) is 3.15. The van der Waals surface area contributed by atoms with Gasteiger partial charge in [-0.3, -0.25) is 0 Å². The number of hydrogen-bond acceptors (Lipinski definition) is 2. The van der Waals surface area contributed by atoms with Gasteiger partial charge in [0.2, 0.25) is 0 Å². The second kappa shape index (κ2) is 2.89. The van der Waals surface area contributed by atoms with Crippen LogP contribution in [0.4, 0.5) is 0 Å². The summed E-state index contributed by atoms with van der Waals surface area (Å²) in [6, 6.07) is 0. The first-order chi connectivity index (χ1) is 4.97. The van der Waals surface area contributed by atoms with Crippen LogP contribution in [-0.2, 0) is 9.47 Å². The first kappa shape index (κ1) is 6.62. The highest BCUT2D eigenvalue weighted by Gasteiger charge is 2.29. The minimum absolute atomic E-state index is 0.530. The maximum atomic E-state index is 5.56. The van der Waals surface area contributed by atoms with Crippen LogP contribution >= 0.6 is 0 Å². The molecule has 0 aliphatic carbocycles. The fraction of sp³-hybridized carbons (Fsp3) is 1.00. The van der Waals surface area contributed by atoms with Gasteiger partial charge in [0.25, 0.3) is 0 Å². The van der Waals surface area contributed by atoms with E-state index in [4.69, 9.17) is 9.47 Å². The predicted molar refractivity (Wildman–Crippen MR) is 37.9 cm³/mol. The average molecular weight is 142 g/mol. The smallest absolute Gasteiger partial charge is 0.0626 e. The minimum atomic E-state index is 0.530. The van der Waals surface area contributed by atoms with E-state index in [1.165, 1.54) is 12.8 Å². The third-order valence-corrected chi connectivity index (χ3v) is 2.53. The largest absolute Gasteiger partial charge is 0.381 e. The maximum absolute atomic E-state index is 5.56. The molecule has 0 N–H and O–H groups in total. The van der Waals surface area contributed by atoms with Crippen molar-refractivity contribution in [3.63, 3.8) is 0 Å². The van der Waals surface area contributed by atoms with Gasteiger partial charge < -0.3 is 9.47 Å². The lowest BCUT2D eigenvalue weighted by Gasteiger charge is -2.12. The molecule has 10 heavy (non-hydrogen) atoms. The van der Waals surface area contributed by atoms with Gasteiger partial charge in [-0.05, 0) is 25.2 Å². The van der Waals surface area contributed by atoms with E-state index in [0.29, 0.717) is 6.10 Å². The van der Waals surface area contributed by atoms with Crippen molar-refractivity contribution in [3.8, 4) is 0 Å². The van der Waals surface area contributed by atoms with E-state index in [1.807, 2.05) is 0 Å². The molecule has 0 aromatic carbocycles. The zero-order chi connectivity index (χ0) is 6.81. The zero-order valence-electron chi connectivity index (χ0n) is 6.21. The Hall–Kier alpha value is -0.0800. The SMILES string of the molecule is C1CC2CCOC2CCO1. The van der Waals surface area contributed by atoms with E-state index in [0.717, 1.165) is 32.2 Å². The highest BCUT2D eigenvalue weighted by atomic mass is 16.5. The van der Waals surface area contributed by atoms with E-state index in [9.17, 15) is 0 Å². The lowest BCUT2D eigenvalue weighted by atomic mass is 9.97. The van der Waals surface area contributed by atoms with Gasteiger partial charge in [-0.25, -0.2) is 0 Å². The fourth-order valence-electron chi connectivity index (χ4n) is 1.88. The first-order valence-electron chi connectivity index (χ1n) is 4.16. The monoisotopic (exact) mass is 142 g/mol. The molecule has 2 unspecified atom stereocenters. The summed E-state index contributed by atoms with van der Waals surface area (Å²) in [5.41, 5.74) is 0. The zero-order valence-corrected chi connectivity index (χ0v) is 6.21. The van der Waals surface area contributed by atoms with E-state index in [-0.39, 0.29) is 0 Å². The summed E-state index contributed by atoms with van der Waals surface area (Å²) in [5, 5.41) is 0. The highest BCUT2D eigenvalue weighted by molar-refractivity contribution is 4.77. The molecule has 0 amide bonds. The molecule has 0 aromatic rings. The van der Waals surface area contributed by atoms with Crippen molar-refractivity contribution < 1.29 is 9.47 Å². The van der Waals surface area contributed by atoms with Crippen LogP contribution in [0.15, 0.2) is 0 Å². The maximum Gasteiger partial charge on any atom is 0.0626 e. The molecule has 0 bridgehead atoms. The molecule has 2 saturated heterocycles. The first-order valence-corrected chi connectivity index (χ1v) is 4.16. The van der Waals surface area contributed by atoms with Crippen molar-refractivity contribution in [1.29, 1.82) is 0 Å². The Morgan fingerprint density at radius 3 is 2.70 bits per heavy atom. The minimum Gasteiger partial charge on any atom is -0.381 e. The predicted octanol–water partition coefficient (Wildman–Crippen LogP) is 1.20. The number of ether oxygens (including phenoxy) is 2. The van der Waals surface area contributed by atoms with Gasteiger partial charge in [-0.2, -0.15) is 0 Å². The summed E-state index contributed by atoms with van der Waals surface area (Å²) in [4.78, 5) is 0. The van der Waals surface area contributed by atoms with Crippen LogP contribution in [0.25, 0.3) is 0 Å². The lowest BCUT2D eigenvalue weighted by molar-refractivity contribution is 0.0734. The van der Waals surface area contributed by atoms with Crippen LogP contribution in [0.1, 0.15) is 19.3 Å². The number of fused-ring (bicyclic) bond motifs is 1. The Balaban J connectivity index is 1.95. The van der Waals surface area contributed by atoms with Gasteiger partial charge in [0.05, 0.1) is 6.10 Å². The van der Waals surface area contributed by atoms with Crippen molar-refractivity contribution in [3.05, 3.63) is 0 Å². The average Bonchev–Trinajstić information content (AvgIpc) is 2.28. The summed E-state index contributed by atoms with van der Waals surface area (Å²) in [7, 11) is 0. The Kier molecular flexibility index (Phi) is 1.91. The molecule has 2 heteroatoms. The lowest BCUT2D eigenvalue weighted by Crippen LogP contribution is -2.14. The van der Waals surface area contributed by atoms with E-state index in [1.54, 1.807) is 0 Å². The van der Waals surface area contributed by atoms with Crippen LogP contribution in [0.2, 0.25) is 0 Å². The molecule has 0 spiro atoms. The molecule has 2 rings (SSSR count). The van der Waals surface area contributed by atoms with E-state index < -0.39 is 0 Å². The second-order valence-corrected chi connectivity index (χ2v) is 3.15. The van der Waals surface area contributed by atoms with Gasteiger partial charge in [-0.1, -0.05) is 0 Å². The van der Waals surface area contributed by atoms with E-state index in [2.05, 4.69) is 0 Å². The summed E-state index contributed by atoms with van der Waals surface area (Å²) in [6.45, 7) is 2.83. The number of rotatable bonds is 0. The molecular formula is C8H14O2. The van der Waals surface area contributed by atoms with Crippen molar-refractivity contribution in [1.82, 2.24) is 0 Å². The van der Waals surface area contributed by atoms with Crippen LogP contribution in [-0.4, -0.2) is 25.9 Å². The Labute approximate surface area is 61.5 Å². The van der Waals surface area contributed by atoms with Crippen LogP contribution in [0, 0.1) is 5.92 Å². The molecular weight excluding hydrogens is 128 g/mol. The molecule has 2 aliphatic rings. The molecule has 58 valence electrons. The van der Waals surface area contributed by atoms with Crippen molar-refractivity contribution >= 4 is 0 Å². The summed E-state index contributed by atoms with van der Waals surface area (Å²) in [5.74, 6) is 0.808. The third kappa shape index (κ3) is 1.18. The molecule has 0 radical (unpaired) electrons. The topological polar surface area (TPSA) is 18.5 Å². The van der Waals surface area contributed by atoms with Gasteiger partial charge in [0.15, 0.2) is 0 Å². The Bertz CT molecular complexity index is 102. The highest BCUT2D eigenvalue weighted by Crippen LogP contribution is 2.28. The Morgan fingerprint density at radius 2 is 1.70 bits per heavy atom. The molecule has 2 aliphatic heterocycles. The quantitative estimate of drug-likeness (QED) is 0.506. The van der Waals surface area contributed by atoms with Crippen molar-refractivity contribution in [2.75, 3.05) is 19.8 Å². The van der Waals surface area contributed by atoms with Gasteiger partial charge >= 0.3 is 0 Å². The van der Waals surface area contributed by atoms with Crippen LogP contribution < -0.4 is 0 Å². The molecule has 2 fully saturated rings. The normalized spacial score (nSPS) is 40.8. The molecule has 0 aromatic heterocycles. The molecule has 2 atom stereocenters. The van der Waals surface area contributed by atoms with Crippen molar-refractivity contribution in [2.45, 2.75) is 25.4 Å². The standard InChI is InChI=1S/C8H14O2/c1-4-9-5-3-8-7(1)2-6-10-8/h7-8H,1-6H2. The molecule has 2 nitrogen and oxygen atoms in total. The summed E-state index contributed by atoms with van der Waals surface area (Å²) < 4.78 is 10.9.